The quantitative estimate of drug-likeness (QED) is 0.0606. The third-order valence-electron chi connectivity index (χ3n) is 15.1. The summed E-state index contributed by atoms with van der Waals surface area (Å²) in [5.74, 6) is -3.75. The summed E-state index contributed by atoms with van der Waals surface area (Å²) in [6.45, 7) is 4.53. The number of imidazole rings is 3. The number of benzene rings is 1. The van der Waals surface area contributed by atoms with E-state index >= 15 is 0 Å². The van der Waals surface area contributed by atoms with E-state index in [0.29, 0.717) is 46.2 Å². The van der Waals surface area contributed by atoms with Gasteiger partial charge in [-0.15, -0.1) is 0 Å². The summed E-state index contributed by atoms with van der Waals surface area (Å²) in [6.07, 6.45) is 16.9. The van der Waals surface area contributed by atoms with E-state index < -0.39 is 46.8 Å². The zero-order chi connectivity index (χ0) is 60.8. The van der Waals surface area contributed by atoms with Crippen molar-refractivity contribution in [2.45, 2.75) is 25.7 Å². The lowest BCUT2D eigenvalue weighted by atomic mass is 9.68. The van der Waals surface area contributed by atoms with Gasteiger partial charge >= 0.3 is 0 Å². The molecule has 1 aromatic carbocycles. The molecule has 1 unspecified atom stereocenters. The zero-order valence-corrected chi connectivity index (χ0v) is 47.8. The van der Waals surface area contributed by atoms with Crippen LogP contribution in [0, 0.1) is 5.92 Å². The van der Waals surface area contributed by atoms with Crippen LogP contribution < -0.4 is 37.2 Å². The highest BCUT2D eigenvalue weighted by Gasteiger charge is 2.51. The Bertz CT molecular complexity index is 4150. The number of nitrogens with zero attached hydrogens (tertiary/aromatic N) is 11. The Morgan fingerprint density at radius 1 is 0.588 bits per heavy atom. The van der Waals surface area contributed by atoms with Crippen LogP contribution in [0.3, 0.4) is 0 Å². The smallest absolute Gasteiger partial charge is 0.292 e. The molecular formula is C58H60N18O9. The van der Waals surface area contributed by atoms with Crippen LogP contribution in [0.2, 0.25) is 0 Å². The Balaban J connectivity index is 0.670. The van der Waals surface area contributed by atoms with E-state index in [1.807, 2.05) is 24.3 Å². The third kappa shape index (κ3) is 11.4. The number of likely N-dealkylation sites (tertiary alicyclic amines) is 1. The van der Waals surface area contributed by atoms with Gasteiger partial charge in [-0.1, -0.05) is 31.2 Å². The second-order valence-electron chi connectivity index (χ2n) is 21.1. The Labute approximate surface area is 485 Å². The van der Waals surface area contributed by atoms with E-state index in [9.17, 15) is 43.2 Å². The molecule has 1 aliphatic heterocycles. The maximum atomic E-state index is 13.7. The molecule has 0 bridgehead atoms. The molecule has 27 heteroatoms. The van der Waals surface area contributed by atoms with Crippen molar-refractivity contribution in [1.82, 2.24) is 57.1 Å². The highest BCUT2D eigenvalue weighted by Crippen LogP contribution is 2.50. The number of rotatable bonds is 17. The number of nitrogens with one attached hydrogen (secondary N) is 7. The number of allylic oxidation sites excluding steroid dienone is 2. The molecule has 0 spiro atoms. The van der Waals surface area contributed by atoms with E-state index in [1.165, 1.54) is 73.5 Å². The number of ketones is 1. The van der Waals surface area contributed by atoms with Crippen molar-refractivity contribution in [1.29, 1.82) is 0 Å². The van der Waals surface area contributed by atoms with E-state index in [0.717, 1.165) is 5.56 Å². The molecule has 27 nitrogen and oxygen atoms in total. The minimum absolute atomic E-state index is 0.00746. The fourth-order valence-corrected chi connectivity index (χ4v) is 10.5. The van der Waals surface area contributed by atoms with Crippen molar-refractivity contribution in [3.05, 3.63) is 167 Å². The molecular weight excluding hydrogens is 1090 g/mol. The number of amides is 8. The Morgan fingerprint density at radius 3 is 1.66 bits per heavy atom. The maximum absolute atomic E-state index is 13.7. The minimum atomic E-state index is -0.621. The van der Waals surface area contributed by atoms with Crippen molar-refractivity contribution < 1.29 is 43.2 Å². The van der Waals surface area contributed by atoms with Crippen LogP contribution in [0.1, 0.15) is 105 Å². The van der Waals surface area contributed by atoms with Gasteiger partial charge in [-0.25, -0.2) is 15.0 Å². The van der Waals surface area contributed by atoms with Gasteiger partial charge in [-0.05, 0) is 48.7 Å². The molecule has 7 N–H and O–H groups in total. The average molecular weight is 1150 g/mol. The van der Waals surface area contributed by atoms with Crippen LogP contribution in [0.25, 0.3) is 6.08 Å². The number of hydrogen-bond donors (Lipinski definition) is 7. The van der Waals surface area contributed by atoms with Gasteiger partial charge in [-0.2, -0.15) is 0 Å². The number of hydrogen-bond acceptors (Lipinski definition) is 12. The summed E-state index contributed by atoms with van der Waals surface area (Å²) in [5, 5.41) is 19.0. The van der Waals surface area contributed by atoms with Crippen LogP contribution in [-0.2, 0) is 64.3 Å². The lowest BCUT2D eigenvalue weighted by Crippen LogP contribution is -2.35. The molecule has 85 heavy (non-hydrogen) atoms. The highest BCUT2D eigenvalue weighted by atomic mass is 16.2. The Kier molecular flexibility index (Phi) is 15.2. The molecule has 2 aliphatic rings. The number of anilines is 6. The summed E-state index contributed by atoms with van der Waals surface area (Å²) in [5.41, 5.74) is 4.33. The number of fused-ring (bicyclic) bond motifs is 3. The molecule has 8 amide bonds. The second kappa shape index (κ2) is 22.7. The number of aromatic nitrogens is 10. The van der Waals surface area contributed by atoms with E-state index in [2.05, 4.69) is 66.0 Å². The van der Waals surface area contributed by atoms with Crippen LogP contribution in [0.4, 0.5) is 34.4 Å². The SMILES string of the molecule is CC1CN(C(=O)/C=C/c2cc(NC(=O)c3cc(NC(=O)c4nc(NC(=O)CCNC(=O)c5cc(NC(=O)c6cc(NC(=O)c7nc(NC(=O)c8nccn8C)cn7C)cn6C)cn5C)cn4C)cn3C)cn2C)C2=CC(=O)c3ccccc3[C@]21C. The largest absolute Gasteiger partial charge is 0.350 e. The van der Waals surface area contributed by atoms with E-state index in [1.54, 1.807) is 105 Å². The maximum Gasteiger partial charge on any atom is 0.292 e. The predicted octanol–water partition coefficient (Wildman–Crippen LogP) is 4.79. The van der Waals surface area contributed by atoms with Gasteiger partial charge in [0.25, 0.3) is 41.4 Å². The standard InChI is InChI=1S/C58H60N18O9/c1-32-25-76(44-24-43(77)38-12-10-11-13-39(38)58(32,44)2)48(79)15-14-37-20-33(26-70(37)4)61-53(81)41-22-35(28-72(41)6)63-56(84)50-66-45(30-74(50)8)65-47(78)16-17-60-52(80)40-21-34(27-71(40)5)62-54(82)42-23-36(29-73(42)7)64-57(85)51-67-46(31-75(51)9)68-55(83)49-59-18-19-69(49)3/h10-15,18-24,26-32H,16-17,25H2,1-9H3,(H,60,80)(H,61,81)(H,62,82)(H,63,84)(H,64,85)(H,65,78)(H,68,83)/b15-14+/t32?,58-/m1/s1. The number of carbonyl (C=O) groups excluding carboxylic acids is 9. The average Bonchev–Trinajstić information content (AvgIpc) is 1.82. The molecule has 2 atom stereocenters. The second-order valence-corrected chi connectivity index (χ2v) is 21.1. The summed E-state index contributed by atoms with van der Waals surface area (Å²) >= 11 is 0. The number of aryl methyl sites for hydroxylation is 7. The van der Waals surface area contributed by atoms with Crippen LogP contribution in [-0.4, -0.2) is 118 Å². The molecule has 1 aliphatic carbocycles. The first kappa shape index (κ1) is 57.1. The molecule has 1 fully saturated rings. The zero-order valence-electron chi connectivity index (χ0n) is 47.8. The predicted molar refractivity (Wildman–Crippen MR) is 313 cm³/mol. The lowest BCUT2D eigenvalue weighted by molar-refractivity contribution is -0.123. The first-order chi connectivity index (χ1) is 40.4. The third-order valence-corrected chi connectivity index (χ3v) is 15.1. The van der Waals surface area contributed by atoms with Crippen LogP contribution in [0.5, 0.6) is 0 Å². The Morgan fingerprint density at radius 2 is 1.09 bits per heavy atom. The normalized spacial score (nSPS) is 15.3. The van der Waals surface area contributed by atoms with Crippen molar-refractivity contribution in [3.8, 4) is 0 Å². The van der Waals surface area contributed by atoms with Gasteiger partial charge in [0.2, 0.25) is 17.6 Å². The van der Waals surface area contributed by atoms with Gasteiger partial charge in [0.15, 0.2) is 23.2 Å². The van der Waals surface area contributed by atoms with Crippen molar-refractivity contribution in [2.75, 3.05) is 45.0 Å². The monoisotopic (exact) mass is 1150 g/mol. The molecule has 8 aromatic rings. The topological polar surface area (TPSA) is 314 Å². The summed E-state index contributed by atoms with van der Waals surface area (Å²) in [7, 11) is 11.5. The summed E-state index contributed by atoms with van der Waals surface area (Å²) < 4.78 is 10.7. The van der Waals surface area contributed by atoms with Crippen LogP contribution >= 0.6 is 0 Å². The van der Waals surface area contributed by atoms with Crippen LogP contribution in [0.15, 0.2) is 116 Å². The van der Waals surface area contributed by atoms with Gasteiger partial charge in [0.05, 0.1) is 22.7 Å². The first-order valence-corrected chi connectivity index (χ1v) is 26.7. The minimum Gasteiger partial charge on any atom is -0.350 e. The van der Waals surface area contributed by atoms with E-state index in [-0.39, 0.29) is 76.8 Å². The summed E-state index contributed by atoms with van der Waals surface area (Å²) in [4.78, 5) is 133. The van der Waals surface area contributed by atoms with Crippen molar-refractivity contribution in [2.24, 2.45) is 55.3 Å². The van der Waals surface area contributed by atoms with Crippen molar-refractivity contribution in [3.63, 3.8) is 0 Å². The van der Waals surface area contributed by atoms with Gasteiger partial charge in [0, 0.05) is 153 Å². The molecule has 1 saturated heterocycles. The summed E-state index contributed by atoms with van der Waals surface area (Å²) in [6, 6.07) is 13.7. The molecule has 436 valence electrons. The van der Waals surface area contributed by atoms with Gasteiger partial charge in [0.1, 0.15) is 17.1 Å². The first-order valence-electron chi connectivity index (χ1n) is 26.7. The molecule has 7 aromatic heterocycles. The highest BCUT2D eigenvalue weighted by molar-refractivity contribution is 6.10. The van der Waals surface area contributed by atoms with Crippen molar-refractivity contribution >= 4 is 93.5 Å². The molecule has 0 saturated carbocycles. The van der Waals surface area contributed by atoms with Gasteiger partial charge in [-0.3, -0.25) is 43.2 Å². The fourth-order valence-electron chi connectivity index (χ4n) is 10.5. The Hall–Kier alpha value is -11.1. The van der Waals surface area contributed by atoms with E-state index in [4.69, 9.17) is 0 Å². The fraction of sp³-hybridized carbons (Fsp3) is 0.241. The number of carbonyl (C=O) groups is 9. The molecule has 10 rings (SSSR count). The molecule has 0 radical (unpaired) electrons. The molecule has 8 heterocycles. The lowest BCUT2D eigenvalue weighted by Gasteiger charge is -2.35. The van der Waals surface area contributed by atoms with Gasteiger partial charge < -0.3 is 74.1 Å².